The monoisotopic (exact) mass is 393 g/mol. The molecule has 4 atom stereocenters. The van der Waals surface area contributed by atoms with Gasteiger partial charge in [0.25, 0.3) is 0 Å². The van der Waals surface area contributed by atoms with Gasteiger partial charge in [-0.15, -0.1) is 0 Å². The number of primary amides is 1. The number of hydrogen-bond donors (Lipinski definition) is 2. The number of nitrogens with two attached hydrogens (primary N) is 1. The fourth-order valence-corrected chi connectivity index (χ4v) is 4.86. The van der Waals surface area contributed by atoms with Gasteiger partial charge in [0.15, 0.2) is 0 Å². The molecule has 2 saturated heterocycles. The predicted octanol–water partition coefficient (Wildman–Crippen LogP) is -0.450. The van der Waals surface area contributed by atoms with Crippen LogP contribution >= 0.6 is 0 Å². The summed E-state index contributed by atoms with van der Waals surface area (Å²) in [5.74, 6) is -0.586. The Balaban J connectivity index is 1.52. The summed E-state index contributed by atoms with van der Waals surface area (Å²) in [7, 11) is -3.84. The first-order chi connectivity index (χ1) is 13.0. The molecule has 1 aromatic carbocycles. The Morgan fingerprint density at radius 2 is 2.00 bits per heavy atom. The number of para-hydroxylation sites is 1. The highest BCUT2D eigenvalue weighted by Gasteiger charge is 2.49. The summed E-state index contributed by atoms with van der Waals surface area (Å²) in [6, 6.07) is 7.97. The molecule has 2 fully saturated rings. The Bertz CT molecular complexity index is 961. The largest absolute Gasteiger partial charge is 0.371 e. The Morgan fingerprint density at radius 1 is 1.22 bits per heavy atom. The topological polar surface area (TPSA) is 130 Å². The Labute approximate surface area is 155 Å². The third-order valence-corrected chi connectivity index (χ3v) is 6.16. The third-order valence-electron chi connectivity index (χ3n) is 4.64. The molecule has 0 unspecified atom stereocenters. The van der Waals surface area contributed by atoms with Crippen molar-refractivity contribution in [1.82, 2.24) is 9.71 Å². The number of ether oxygens (including phenoxy) is 3. The van der Waals surface area contributed by atoms with E-state index in [1.165, 1.54) is 6.07 Å². The molecule has 144 valence electrons. The van der Waals surface area contributed by atoms with E-state index in [0.717, 1.165) is 5.39 Å². The second-order valence-corrected chi connectivity index (χ2v) is 8.15. The lowest BCUT2D eigenvalue weighted by Gasteiger charge is -2.18. The average molecular weight is 393 g/mol. The fraction of sp³-hybridized carbons (Fsp3) is 0.412. The third kappa shape index (κ3) is 3.54. The van der Waals surface area contributed by atoms with Gasteiger partial charge in [0.1, 0.15) is 29.8 Å². The Kier molecular flexibility index (Phi) is 4.82. The molecular weight excluding hydrogens is 374 g/mol. The first kappa shape index (κ1) is 18.3. The van der Waals surface area contributed by atoms with E-state index in [9.17, 15) is 13.2 Å². The second kappa shape index (κ2) is 7.13. The number of fused-ring (bicyclic) bond motifs is 2. The van der Waals surface area contributed by atoms with Crippen molar-refractivity contribution in [1.29, 1.82) is 0 Å². The van der Waals surface area contributed by atoms with Gasteiger partial charge in [-0.05, 0) is 12.1 Å². The van der Waals surface area contributed by atoms with Gasteiger partial charge < -0.3 is 19.9 Å². The molecule has 27 heavy (non-hydrogen) atoms. The second-order valence-electron chi connectivity index (χ2n) is 6.47. The van der Waals surface area contributed by atoms with E-state index in [-0.39, 0.29) is 24.7 Å². The first-order valence-corrected chi connectivity index (χ1v) is 9.93. The maximum absolute atomic E-state index is 12.9. The van der Waals surface area contributed by atoms with Crippen LogP contribution in [0.5, 0.6) is 0 Å². The van der Waals surface area contributed by atoms with Gasteiger partial charge in [-0.2, -0.15) is 0 Å². The van der Waals surface area contributed by atoms with Crippen LogP contribution in [0.4, 0.5) is 0 Å². The summed E-state index contributed by atoms with van der Waals surface area (Å²) < 4.78 is 45.2. The van der Waals surface area contributed by atoms with Crippen LogP contribution in [0.25, 0.3) is 10.9 Å². The molecule has 2 aliphatic heterocycles. The number of benzene rings is 1. The number of rotatable bonds is 6. The zero-order chi connectivity index (χ0) is 19.0. The molecule has 9 nitrogen and oxygen atoms in total. The molecule has 2 aromatic rings. The number of carbonyl (C=O) groups excluding carboxylic acids is 1. The number of carbonyl (C=O) groups is 1. The van der Waals surface area contributed by atoms with Gasteiger partial charge in [0.2, 0.25) is 15.9 Å². The van der Waals surface area contributed by atoms with Gasteiger partial charge >= 0.3 is 0 Å². The number of aromatic nitrogens is 1. The summed E-state index contributed by atoms with van der Waals surface area (Å²) >= 11 is 0. The summed E-state index contributed by atoms with van der Waals surface area (Å²) in [6.45, 7) is 0.110. The molecule has 4 rings (SSSR count). The van der Waals surface area contributed by atoms with Crippen molar-refractivity contribution >= 4 is 26.8 Å². The van der Waals surface area contributed by atoms with E-state index in [4.69, 9.17) is 19.9 Å². The number of nitrogens with zero attached hydrogens (tertiary/aromatic N) is 1. The predicted molar refractivity (Wildman–Crippen MR) is 94.3 cm³/mol. The van der Waals surface area contributed by atoms with E-state index in [1.54, 1.807) is 30.5 Å². The number of nitrogens with one attached hydrogen (secondary N) is 1. The lowest BCUT2D eigenvalue weighted by molar-refractivity contribution is -0.126. The van der Waals surface area contributed by atoms with Crippen LogP contribution in [-0.4, -0.2) is 63.5 Å². The van der Waals surface area contributed by atoms with Crippen molar-refractivity contribution in [2.24, 2.45) is 5.73 Å². The first-order valence-electron chi connectivity index (χ1n) is 8.45. The van der Waals surface area contributed by atoms with Gasteiger partial charge in [-0.3, -0.25) is 9.78 Å². The minimum Gasteiger partial charge on any atom is -0.371 e. The molecule has 0 spiro atoms. The van der Waals surface area contributed by atoms with E-state index in [2.05, 4.69) is 9.71 Å². The molecule has 3 N–H and O–H groups in total. The molecule has 0 bridgehead atoms. The Morgan fingerprint density at radius 3 is 2.81 bits per heavy atom. The van der Waals surface area contributed by atoms with Crippen LogP contribution in [0.15, 0.2) is 41.4 Å². The zero-order valence-corrected chi connectivity index (χ0v) is 15.1. The van der Waals surface area contributed by atoms with Crippen molar-refractivity contribution in [3.63, 3.8) is 0 Å². The van der Waals surface area contributed by atoms with Gasteiger partial charge in [-0.1, -0.05) is 18.2 Å². The molecule has 3 heterocycles. The van der Waals surface area contributed by atoms with E-state index in [0.29, 0.717) is 5.52 Å². The summed E-state index contributed by atoms with van der Waals surface area (Å²) in [5, 5.41) is 0.734. The minimum absolute atomic E-state index is 0.101. The van der Waals surface area contributed by atoms with Crippen LogP contribution in [-0.2, 0) is 29.0 Å². The Hall–Kier alpha value is -2.11. The van der Waals surface area contributed by atoms with E-state index in [1.807, 2.05) is 0 Å². The minimum atomic E-state index is -3.84. The van der Waals surface area contributed by atoms with Crippen molar-refractivity contribution in [2.75, 3.05) is 19.8 Å². The normalized spacial score (nSPS) is 27.7. The molecule has 0 saturated carbocycles. The van der Waals surface area contributed by atoms with Gasteiger partial charge in [0.05, 0.1) is 24.8 Å². The van der Waals surface area contributed by atoms with Crippen LogP contribution in [0.1, 0.15) is 0 Å². The van der Waals surface area contributed by atoms with E-state index >= 15 is 0 Å². The average Bonchev–Trinajstić information content (AvgIpc) is 3.22. The van der Waals surface area contributed by atoms with Crippen molar-refractivity contribution in [3.05, 3.63) is 36.5 Å². The van der Waals surface area contributed by atoms with Crippen molar-refractivity contribution < 1.29 is 27.4 Å². The number of amides is 1. The van der Waals surface area contributed by atoms with Gasteiger partial charge in [0, 0.05) is 11.6 Å². The maximum atomic E-state index is 12.9. The van der Waals surface area contributed by atoms with Crippen LogP contribution < -0.4 is 10.5 Å². The summed E-state index contributed by atoms with van der Waals surface area (Å²) in [4.78, 5) is 15.2. The zero-order valence-electron chi connectivity index (χ0n) is 14.3. The van der Waals surface area contributed by atoms with E-state index < -0.39 is 40.3 Å². The summed E-state index contributed by atoms with van der Waals surface area (Å²) in [5.41, 5.74) is 5.49. The molecular formula is C17H19N3O6S. The maximum Gasteiger partial charge on any atom is 0.243 e. The molecule has 2 aliphatic rings. The highest BCUT2D eigenvalue weighted by atomic mass is 32.2. The quantitative estimate of drug-likeness (QED) is 0.680. The highest BCUT2D eigenvalue weighted by molar-refractivity contribution is 7.89. The van der Waals surface area contributed by atoms with Crippen LogP contribution in [0.2, 0.25) is 0 Å². The molecule has 0 aliphatic carbocycles. The van der Waals surface area contributed by atoms with Gasteiger partial charge in [-0.25, -0.2) is 13.1 Å². The summed E-state index contributed by atoms with van der Waals surface area (Å²) in [6.07, 6.45) is 0.135. The standard InChI is InChI=1S/C17H19N3O6S/c18-14(21)9-24-12-8-26-16-11(7-25-17(12)16)20-27(22,23)13-5-1-3-10-4-2-6-19-15(10)13/h1-6,11-12,16-17,20H,7-9H2,(H2,18,21)/t11-,12+,16+,17+/m0/s1. The number of sulfonamides is 1. The number of hydrogen-bond acceptors (Lipinski definition) is 7. The molecule has 1 aromatic heterocycles. The molecule has 1 amide bonds. The molecule has 0 radical (unpaired) electrons. The lowest BCUT2D eigenvalue weighted by atomic mass is 10.1. The lowest BCUT2D eigenvalue weighted by Crippen LogP contribution is -2.44. The highest BCUT2D eigenvalue weighted by Crippen LogP contribution is 2.30. The van der Waals surface area contributed by atoms with Crippen molar-refractivity contribution in [3.8, 4) is 0 Å². The smallest absolute Gasteiger partial charge is 0.243 e. The SMILES string of the molecule is NC(=O)CO[C@@H]1CO[C@H]2[C@@H]1OC[C@@H]2NS(=O)(=O)c1cccc2cccnc12. The van der Waals surface area contributed by atoms with Crippen LogP contribution in [0.3, 0.4) is 0 Å². The fourth-order valence-electron chi connectivity index (χ4n) is 3.45. The molecule has 10 heteroatoms. The number of pyridine rings is 1. The van der Waals surface area contributed by atoms with Crippen LogP contribution in [0, 0.1) is 0 Å². The van der Waals surface area contributed by atoms with Crippen molar-refractivity contribution in [2.45, 2.75) is 29.2 Å².